The first kappa shape index (κ1) is 15.2. The number of nitrogens with one attached hydrogen (secondary N) is 2. The highest BCUT2D eigenvalue weighted by Gasteiger charge is 2.18. The lowest BCUT2D eigenvalue weighted by atomic mass is 10.2. The Kier molecular flexibility index (Phi) is 4.95. The summed E-state index contributed by atoms with van der Waals surface area (Å²) in [6, 6.07) is 3.97. The minimum atomic E-state index is -3.67. The Morgan fingerprint density at radius 2 is 2.30 bits per heavy atom. The van der Waals surface area contributed by atoms with Gasteiger partial charge in [0, 0.05) is 12.6 Å². The second-order valence-electron chi connectivity index (χ2n) is 4.78. The molecule has 7 heteroatoms. The molecule has 0 aromatic heterocycles. The zero-order chi connectivity index (χ0) is 14.6. The number of methoxy groups -OCH3 is 1. The van der Waals surface area contributed by atoms with E-state index in [2.05, 4.69) is 10.0 Å². The van der Waals surface area contributed by atoms with Gasteiger partial charge in [0.15, 0.2) is 11.6 Å². The summed E-state index contributed by atoms with van der Waals surface area (Å²) in [7, 11) is -2.34. The predicted octanol–water partition coefficient (Wildman–Crippen LogP) is 1.25. The first-order valence-corrected chi connectivity index (χ1v) is 8.08. The van der Waals surface area contributed by atoms with Crippen LogP contribution in [0.15, 0.2) is 23.1 Å². The lowest BCUT2D eigenvalue weighted by Gasteiger charge is -2.11. The third kappa shape index (κ3) is 3.68. The van der Waals surface area contributed by atoms with Crippen molar-refractivity contribution in [3.63, 3.8) is 0 Å². The third-order valence-corrected chi connectivity index (χ3v) is 4.84. The van der Waals surface area contributed by atoms with Gasteiger partial charge in [0.1, 0.15) is 0 Å². The molecular formula is C13H19FN2O3S. The van der Waals surface area contributed by atoms with E-state index in [1.54, 1.807) is 0 Å². The molecule has 2 N–H and O–H groups in total. The molecule has 0 bridgehead atoms. The molecule has 0 saturated carbocycles. The van der Waals surface area contributed by atoms with Crippen LogP contribution in [0.2, 0.25) is 0 Å². The molecule has 0 radical (unpaired) electrons. The molecule has 1 aliphatic heterocycles. The van der Waals surface area contributed by atoms with E-state index in [4.69, 9.17) is 4.74 Å². The summed E-state index contributed by atoms with van der Waals surface area (Å²) in [5.41, 5.74) is 0. The largest absolute Gasteiger partial charge is 0.494 e. The van der Waals surface area contributed by atoms with Crippen LogP contribution in [0.5, 0.6) is 5.75 Å². The van der Waals surface area contributed by atoms with E-state index in [1.165, 1.54) is 19.2 Å². The highest BCUT2D eigenvalue weighted by molar-refractivity contribution is 7.89. The molecule has 0 unspecified atom stereocenters. The van der Waals surface area contributed by atoms with Gasteiger partial charge in [0.2, 0.25) is 10.0 Å². The smallest absolute Gasteiger partial charge is 0.240 e. The zero-order valence-corrected chi connectivity index (χ0v) is 12.2. The summed E-state index contributed by atoms with van der Waals surface area (Å²) in [6.45, 7) is 1.33. The van der Waals surface area contributed by atoms with Gasteiger partial charge in [0.05, 0.1) is 12.0 Å². The molecular weight excluding hydrogens is 283 g/mol. The zero-order valence-electron chi connectivity index (χ0n) is 11.4. The maximum Gasteiger partial charge on any atom is 0.240 e. The third-order valence-electron chi connectivity index (χ3n) is 3.38. The lowest BCUT2D eigenvalue weighted by molar-refractivity contribution is 0.385. The van der Waals surface area contributed by atoms with Gasteiger partial charge < -0.3 is 10.1 Å². The van der Waals surface area contributed by atoms with Crippen molar-refractivity contribution in [3.05, 3.63) is 24.0 Å². The van der Waals surface area contributed by atoms with Crippen LogP contribution in [0.1, 0.15) is 19.3 Å². The Bertz CT molecular complexity index is 557. The van der Waals surface area contributed by atoms with Crippen LogP contribution in [0, 0.1) is 5.82 Å². The summed E-state index contributed by atoms with van der Waals surface area (Å²) < 4.78 is 44.8. The SMILES string of the molecule is COc1ccc(S(=O)(=O)NCC[C@H]2CCCN2)cc1F. The fourth-order valence-corrected chi connectivity index (χ4v) is 3.33. The molecule has 1 aromatic rings. The molecule has 0 amide bonds. The Morgan fingerprint density at radius 1 is 1.50 bits per heavy atom. The number of halogens is 1. The molecule has 1 saturated heterocycles. The Balaban J connectivity index is 1.96. The normalized spacial score (nSPS) is 19.2. The summed E-state index contributed by atoms with van der Waals surface area (Å²) in [5.74, 6) is -0.660. The van der Waals surface area contributed by atoms with E-state index < -0.39 is 15.8 Å². The van der Waals surface area contributed by atoms with Gasteiger partial charge in [-0.3, -0.25) is 0 Å². The number of hydrogen-bond donors (Lipinski definition) is 2. The van der Waals surface area contributed by atoms with E-state index in [0.29, 0.717) is 12.6 Å². The molecule has 20 heavy (non-hydrogen) atoms. The maximum atomic E-state index is 13.5. The first-order chi connectivity index (χ1) is 9.53. The van der Waals surface area contributed by atoms with Crippen LogP contribution < -0.4 is 14.8 Å². The van der Waals surface area contributed by atoms with Gasteiger partial charge in [-0.1, -0.05) is 0 Å². The quantitative estimate of drug-likeness (QED) is 0.830. The fourth-order valence-electron chi connectivity index (χ4n) is 2.27. The standard InChI is InChI=1S/C13H19FN2O3S/c1-19-13-5-4-11(9-12(13)14)20(17,18)16-8-6-10-3-2-7-15-10/h4-5,9-10,15-16H,2-3,6-8H2,1H3/t10-/m1/s1. The lowest BCUT2D eigenvalue weighted by Crippen LogP contribution is -2.30. The number of hydrogen-bond acceptors (Lipinski definition) is 4. The molecule has 1 atom stereocenters. The molecule has 112 valence electrons. The monoisotopic (exact) mass is 302 g/mol. The molecule has 0 spiro atoms. The van der Waals surface area contributed by atoms with Gasteiger partial charge in [0.25, 0.3) is 0 Å². The Labute approximate surface area is 118 Å². The second-order valence-corrected chi connectivity index (χ2v) is 6.54. The molecule has 5 nitrogen and oxygen atoms in total. The molecule has 1 aromatic carbocycles. The van der Waals surface area contributed by atoms with Crippen molar-refractivity contribution < 1.29 is 17.5 Å². The van der Waals surface area contributed by atoms with Crippen LogP contribution >= 0.6 is 0 Å². The van der Waals surface area contributed by atoms with Crippen molar-refractivity contribution in [1.82, 2.24) is 10.0 Å². The molecule has 0 aliphatic carbocycles. The fraction of sp³-hybridized carbons (Fsp3) is 0.538. The van der Waals surface area contributed by atoms with Crippen molar-refractivity contribution >= 4 is 10.0 Å². The maximum absolute atomic E-state index is 13.5. The number of ether oxygens (including phenoxy) is 1. The Hall–Kier alpha value is -1.18. The summed E-state index contributed by atoms with van der Waals surface area (Å²) in [5, 5.41) is 3.30. The van der Waals surface area contributed by atoms with Crippen molar-refractivity contribution in [2.75, 3.05) is 20.2 Å². The van der Waals surface area contributed by atoms with Crippen LogP contribution in [-0.2, 0) is 10.0 Å². The van der Waals surface area contributed by atoms with Crippen LogP contribution in [0.3, 0.4) is 0 Å². The summed E-state index contributed by atoms with van der Waals surface area (Å²) >= 11 is 0. The highest BCUT2D eigenvalue weighted by atomic mass is 32.2. The summed E-state index contributed by atoms with van der Waals surface area (Å²) in [6.07, 6.45) is 2.93. The molecule has 1 fully saturated rings. The van der Waals surface area contributed by atoms with Gasteiger partial charge in [-0.05, 0) is 44.0 Å². The van der Waals surface area contributed by atoms with Crippen molar-refractivity contribution in [2.45, 2.75) is 30.2 Å². The van der Waals surface area contributed by atoms with E-state index >= 15 is 0 Å². The topological polar surface area (TPSA) is 67.4 Å². The van der Waals surface area contributed by atoms with Gasteiger partial charge in [-0.2, -0.15) is 0 Å². The predicted molar refractivity (Wildman–Crippen MR) is 73.8 cm³/mol. The molecule has 1 aliphatic rings. The number of rotatable bonds is 6. The van der Waals surface area contributed by atoms with Gasteiger partial charge in [-0.25, -0.2) is 17.5 Å². The van der Waals surface area contributed by atoms with Crippen LogP contribution in [0.4, 0.5) is 4.39 Å². The van der Waals surface area contributed by atoms with E-state index in [1.807, 2.05) is 0 Å². The minimum Gasteiger partial charge on any atom is -0.494 e. The van der Waals surface area contributed by atoms with E-state index in [-0.39, 0.29) is 10.6 Å². The van der Waals surface area contributed by atoms with E-state index in [9.17, 15) is 12.8 Å². The molecule has 2 rings (SSSR count). The van der Waals surface area contributed by atoms with E-state index in [0.717, 1.165) is 31.9 Å². The Morgan fingerprint density at radius 3 is 2.90 bits per heavy atom. The van der Waals surface area contributed by atoms with Crippen molar-refractivity contribution in [3.8, 4) is 5.75 Å². The van der Waals surface area contributed by atoms with Crippen molar-refractivity contribution in [2.24, 2.45) is 0 Å². The molecule has 1 heterocycles. The number of benzene rings is 1. The second kappa shape index (κ2) is 6.51. The van der Waals surface area contributed by atoms with Crippen LogP contribution in [-0.4, -0.2) is 34.7 Å². The average Bonchev–Trinajstić information content (AvgIpc) is 2.91. The number of sulfonamides is 1. The minimum absolute atomic E-state index is 0.0269. The van der Waals surface area contributed by atoms with Gasteiger partial charge in [-0.15, -0.1) is 0 Å². The average molecular weight is 302 g/mol. The van der Waals surface area contributed by atoms with Crippen molar-refractivity contribution in [1.29, 1.82) is 0 Å². The first-order valence-electron chi connectivity index (χ1n) is 6.59. The highest BCUT2D eigenvalue weighted by Crippen LogP contribution is 2.20. The summed E-state index contributed by atoms with van der Waals surface area (Å²) in [4.78, 5) is -0.0878. The van der Waals surface area contributed by atoms with Crippen LogP contribution in [0.25, 0.3) is 0 Å². The van der Waals surface area contributed by atoms with Gasteiger partial charge >= 0.3 is 0 Å².